The van der Waals surface area contributed by atoms with E-state index < -0.39 is 20.0 Å². The molecule has 0 saturated carbocycles. The van der Waals surface area contributed by atoms with E-state index in [1.807, 2.05) is 0 Å². The van der Waals surface area contributed by atoms with Crippen molar-refractivity contribution in [3.05, 3.63) is 48.0 Å². The number of aryl methyl sites for hydroxylation is 1. The number of nitrogens with zero attached hydrogens (tertiary/aromatic N) is 1. The van der Waals surface area contributed by atoms with Gasteiger partial charge in [0.2, 0.25) is 10.0 Å². The highest BCUT2D eigenvalue weighted by Gasteiger charge is 2.29. The molecule has 7 nitrogen and oxygen atoms in total. The minimum atomic E-state index is -3.84. The van der Waals surface area contributed by atoms with E-state index >= 15 is 0 Å². The van der Waals surface area contributed by atoms with Crippen LogP contribution in [0.3, 0.4) is 0 Å². The van der Waals surface area contributed by atoms with Crippen molar-refractivity contribution in [2.24, 2.45) is 0 Å². The van der Waals surface area contributed by atoms with Gasteiger partial charge in [-0.2, -0.15) is 0 Å². The van der Waals surface area contributed by atoms with Crippen molar-refractivity contribution >= 4 is 31.4 Å². The lowest BCUT2D eigenvalue weighted by Crippen LogP contribution is -2.25. The summed E-state index contributed by atoms with van der Waals surface area (Å²) in [7, 11) is -5.71. The molecular formula is C17H20N2O5S2. The van der Waals surface area contributed by atoms with Crippen LogP contribution in [0, 0.1) is 6.92 Å². The Balaban J connectivity index is 1.95. The monoisotopic (exact) mass is 396 g/mol. The van der Waals surface area contributed by atoms with Crippen molar-refractivity contribution in [2.75, 3.05) is 28.4 Å². The lowest BCUT2D eigenvalue weighted by molar-refractivity contribution is 0.413. The van der Waals surface area contributed by atoms with Crippen LogP contribution in [0.5, 0.6) is 5.75 Å². The fraction of sp³-hybridized carbons (Fsp3) is 0.294. The van der Waals surface area contributed by atoms with Crippen LogP contribution in [0.25, 0.3) is 0 Å². The Morgan fingerprint density at radius 2 is 1.92 bits per heavy atom. The van der Waals surface area contributed by atoms with Crippen LogP contribution in [0.1, 0.15) is 12.0 Å². The molecule has 1 heterocycles. The minimum absolute atomic E-state index is 0.0652. The molecule has 0 aliphatic carbocycles. The third kappa shape index (κ3) is 3.63. The van der Waals surface area contributed by atoms with E-state index in [-0.39, 0.29) is 10.6 Å². The minimum Gasteiger partial charge on any atom is -0.497 e. The van der Waals surface area contributed by atoms with E-state index in [1.165, 1.54) is 23.5 Å². The summed E-state index contributed by atoms with van der Waals surface area (Å²) < 4.78 is 58.5. The van der Waals surface area contributed by atoms with Gasteiger partial charge in [0.05, 0.1) is 29.1 Å². The molecule has 0 bridgehead atoms. The smallest absolute Gasteiger partial charge is 0.262 e. The van der Waals surface area contributed by atoms with Crippen molar-refractivity contribution in [1.29, 1.82) is 0 Å². The van der Waals surface area contributed by atoms with Crippen molar-refractivity contribution in [3.63, 3.8) is 0 Å². The molecule has 3 rings (SSSR count). The van der Waals surface area contributed by atoms with Gasteiger partial charge in [0.1, 0.15) is 5.75 Å². The Kier molecular flexibility index (Phi) is 4.85. The van der Waals surface area contributed by atoms with Gasteiger partial charge in [-0.3, -0.25) is 9.03 Å². The molecule has 26 heavy (non-hydrogen) atoms. The molecule has 2 aromatic carbocycles. The second-order valence-corrected chi connectivity index (χ2v) is 9.72. The van der Waals surface area contributed by atoms with Gasteiger partial charge < -0.3 is 4.74 Å². The van der Waals surface area contributed by atoms with Crippen molar-refractivity contribution in [3.8, 4) is 5.75 Å². The summed E-state index contributed by atoms with van der Waals surface area (Å²) in [6, 6.07) is 11.1. The number of benzene rings is 2. The summed E-state index contributed by atoms with van der Waals surface area (Å²) in [4.78, 5) is 0.0652. The van der Waals surface area contributed by atoms with Crippen LogP contribution in [-0.4, -0.2) is 36.2 Å². The van der Waals surface area contributed by atoms with Gasteiger partial charge in [-0.25, -0.2) is 16.8 Å². The standard InChI is InChI=1S/C17H20N2O5S2/c1-13-7-8-14(19-9-4-10-25(19,20)21)11-17(13)18-26(22,23)16-6-3-5-15(12-16)24-2/h3,5-8,11-12,18H,4,9-10H2,1-2H3. The van der Waals surface area contributed by atoms with Gasteiger partial charge in [-0.15, -0.1) is 0 Å². The molecule has 9 heteroatoms. The number of ether oxygens (including phenoxy) is 1. The summed E-state index contributed by atoms with van der Waals surface area (Å²) >= 11 is 0. The third-order valence-corrected chi connectivity index (χ3v) is 7.44. The molecule has 0 atom stereocenters. The average molecular weight is 396 g/mol. The summed E-state index contributed by atoms with van der Waals surface area (Å²) in [6.45, 7) is 2.15. The number of anilines is 2. The molecule has 0 amide bonds. The molecule has 0 spiro atoms. The fourth-order valence-electron chi connectivity index (χ4n) is 2.78. The number of hydrogen-bond acceptors (Lipinski definition) is 5. The van der Waals surface area contributed by atoms with Gasteiger partial charge in [-0.1, -0.05) is 12.1 Å². The molecule has 2 aromatic rings. The maximum absolute atomic E-state index is 12.7. The van der Waals surface area contributed by atoms with E-state index in [1.54, 1.807) is 37.3 Å². The number of rotatable bonds is 5. The Labute approximate surface area is 153 Å². The lowest BCUT2D eigenvalue weighted by Gasteiger charge is -2.19. The second-order valence-electron chi connectivity index (χ2n) is 6.03. The highest BCUT2D eigenvalue weighted by molar-refractivity contribution is 7.93. The molecule has 0 unspecified atom stereocenters. The van der Waals surface area contributed by atoms with Crippen LogP contribution in [-0.2, 0) is 20.0 Å². The Hall–Kier alpha value is -2.26. The third-order valence-electron chi connectivity index (χ3n) is 4.20. The first-order valence-electron chi connectivity index (χ1n) is 8.01. The number of sulfonamides is 2. The van der Waals surface area contributed by atoms with Gasteiger partial charge in [0.25, 0.3) is 10.0 Å². The molecule has 1 aliphatic heterocycles. The van der Waals surface area contributed by atoms with Crippen LogP contribution in [0.2, 0.25) is 0 Å². The Morgan fingerprint density at radius 1 is 1.15 bits per heavy atom. The van der Waals surface area contributed by atoms with Gasteiger partial charge in [-0.05, 0) is 43.2 Å². The number of methoxy groups -OCH3 is 1. The molecule has 1 aliphatic rings. The summed E-state index contributed by atoms with van der Waals surface area (Å²) in [5.74, 6) is 0.535. The van der Waals surface area contributed by atoms with E-state index in [9.17, 15) is 16.8 Å². The molecular weight excluding hydrogens is 376 g/mol. The zero-order valence-corrected chi connectivity index (χ0v) is 16.1. The largest absolute Gasteiger partial charge is 0.497 e. The molecule has 0 aromatic heterocycles. The predicted molar refractivity (Wildman–Crippen MR) is 101 cm³/mol. The SMILES string of the molecule is COc1cccc(S(=O)(=O)Nc2cc(N3CCCS3(=O)=O)ccc2C)c1. The van der Waals surface area contributed by atoms with Crippen molar-refractivity contribution < 1.29 is 21.6 Å². The maximum Gasteiger partial charge on any atom is 0.262 e. The first-order valence-corrected chi connectivity index (χ1v) is 11.1. The Morgan fingerprint density at radius 3 is 2.58 bits per heavy atom. The highest BCUT2D eigenvalue weighted by Crippen LogP contribution is 2.30. The maximum atomic E-state index is 12.7. The highest BCUT2D eigenvalue weighted by atomic mass is 32.2. The summed E-state index contributed by atoms with van der Waals surface area (Å²) in [6.07, 6.45) is 0.557. The van der Waals surface area contributed by atoms with E-state index in [0.717, 1.165) is 0 Å². The normalized spacial score (nSPS) is 16.5. The van der Waals surface area contributed by atoms with Crippen molar-refractivity contribution in [1.82, 2.24) is 0 Å². The van der Waals surface area contributed by atoms with Crippen LogP contribution < -0.4 is 13.8 Å². The summed E-state index contributed by atoms with van der Waals surface area (Å²) in [5, 5.41) is 0. The van der Waals surface area contributed by atoms with E-state index in [0.29, 0.717) is 35.7 Å². The van der Waals surface area contributed by atoms with E-state index in [4.69, 9.17) is 4.74 Å². The molecule has 1 fully saturated rings. The van der Waals surface area contributed by atoms with Gasteiger partial charge in [0, 0.05) is 12.6 Å². The first-order chi connectivity index (χ1) is 12.2. The van der Waals surface area contributed by atoms with E-state index in [2.05, 4.69) is 4.72 Å². The fourth-order valence-corrected chi connectivity index (χ4v) is 5.49. The predicted octanol–water partition coefficient (Wildman–Crippen LogP) is 2.34. The Bertz CT molecular complexity index is 1030. The van der Waals surface area contributed by atoms with Crippen LogP contribution in [0.15, 0.2) is 47.4 Å². The molecule has 0 radical (unpaired) electrons. The van der Waals surface area contributed by atoms with Crippen molar-refractivity contribution in [2.45, 2.75) is 18.2 Å². The van der Waals surface area contributed by atoms with Crippen LogP contribution in [0.4, 0.5) is 11.4 Å². The lowest BCUT2D eigenvalue weighted by atomic mass is 10.2. The zero-order chi connectivity index (χ0) is 18.9. The zero-order valence-electron chi connectivity index (χ0n) is 14.5. The first kappa shape index (κ1) is 18.5. The average Bonchev–Trinajstić information content (AvgIpc) is 2.96. The number of hydrogen-bond donors (Lipinski definition) is 1. The topological polar surface area (TPSA) is 92.8 Å². The second kappa shape index (κ2) is 6.81. The molecule has 1 N–H and O–H groups in total. The molecule has 140 valence electrons. The summed E-state index contributed by atoms with van der Waals surface area (Å²) in [5.41, 5.74) is 1.49. The molecule has 1 saturated heterocycles. The van der Waals surface area contributed by atoms with Crippen LogP contribution >= 0.6 is 0 Å². The van der Waals surface area contributed by atoms with Gasteiger partial charge >= 0.3 is 0 Å². The van der Waals surface area contributed by atoms with Gasteiger partial charge in [0.15, 0.2) is 0 Å². The number of nitrogens with one attached hydrogen (secondary N) is 1. The quantitative estimate of drug-likeness (QED) is 0.837.